The van der Waals surface area contributed by atoms with Gasteiger partial charge < -0.3 is 20.0 Å². The number of anilines is 3. The van der Waals surface area contributed by atoms with Crippen molar-refractivity contribution in [2.45, 2.75) is 12.8 Å². The summed E-state index contributed by atoms with van der Waals surface area (Å²) < 4.78 is 5.04. The number of amides is 3. The fourth-order valence-corrected chi connectivity index (χ4v) is 3.74. The highest BCUT2D eigenvalue weighted by Gasteiger charge is 2.21. The molecule has 0 unspecified atom stereocenters. The average molecular weight is 395 g/mol. The van der Waals surface area contributed by atoms with Crippen LogP contribution < -0.4 is 15.5 Å². The molecule has 1 aliphatic rings. The van der Waals surface area contributed by atoms with E-state index >= 15 is 0 Å². The van der Waals surface area contributed by atoms with Crippen molar-refractivity contribution < 1.29 is 18.8 Å². The molecule has 0 atom stereocenters. The van der Waals surface area contributed by atoms with E-state index in [1.165, 1.54) is 17.6 Å². The molecule has 0 saturated carbocycles. The highest BCUT2D eigenvalue weighted by Crippen LogP contribution is 2.26. The summed E-state index contributed by atoms with van der Waals surface area (Å²) in [5.74, 6) is -0.310. The van der Waals surface area contributed by atoms with Crippen LogP contribution in [0.4, 0.5) is 16.4 Å². The first-order chi connectivity index (χ1) is 13.6. The Morgan fingerprint density at radius 1 is 1.00 bits per heavy atom. The van der Waals surface area contributed by atoms with Gasteiger partial charge in [-0.3, -0.25) is 14.4 Å². The number of nitrogens with zero attached hydrogens (tertiary/aromatic N) is 1. The van der Waals surface area contributed by atoms with Crippen LogP contribution in [-0.2, 0) is 4.79 Å². The van der Waals surface area contributed by atoms with Gasteiger partial charge in [-0.2, -0.15) is 0 Å². The first kappa shape index (κ1) is 18.0. The molecule has 0 spiro atoms. The van der Waals surface area contributed by atoms with Crippen molar-refractivity contribution in [2.75, 3.05) is 22.1 Å². The van der Waals surface area contributed by atoms with Crippen LogP contribution in [0.3, 0.4) is 0 Å². The van der Waals surface area contributed by atoms with Crippen LogP contribution in [0.1, 0.15) is 33.1 Å². The van der Waals surface area contributed by atoms with Crippen molar-refractivity contribution in [1.82, 2.24) is 0 Å². The Labute approximate surface area is 165 Å². The number of carbonyl (C=O) groups is 3. The number of hydrogen-bond acceptors (Lipinski definition) is 5. The van der Waals surface area contributed by atoms with Crippen molar-refractivity contribution in [3.05, 3.63) is 65.4 Å². The summed E-state index contributed by atoms with van der Waals surface area (Å²) in [6.07, 6.45) is 2.87. The lowest BCUT2D eigenvalue weighted by Crippen LogP contribution is -2.23. The number of furan rings is 1. The van der Waals surface area contributed by atoms with Crippen molar-refractivity contribution >= 4 is 45.4 Å². The van der Waals surface area contributed by atoms with E-state index in [0.29, 0.717) is 22.0 Å². The van der Waals surface area contributed by atoms with Gasteiger partial charge in [0.05, 0.1) is 16.1 Å². The van der Waals surface area contributed by atoms with E-state index in [4.69, 9.17) is 4.42 Å². The zero-order valence-electron chi connectivity index (χ0n) is 14.8. The maximum absolute atomic E-state index is 12.4. The number of hydrogen-bond donors (Lipinski definition) is 2. The highest BCUT2D eigenvalue weighted by molar-refractivity contribution is 7.18. The molecule has 1 fully saturated rings. The van der Waals surface area contributed by atoms with E-state index in [-0.39, 0.29) is 23.5 Å². The van der Waals surface area contributed by atoms with Gasteiger partial charge in [0.25, 0.3) is 11.8 Å². The molecule has 0 bridgehead atoms. The zero-order chi connectivity index (χ0) is 19.5. The normalized spacial score (nSPS) is 13.6. The Balaban J connectivity index is 1.38. The molecule has 28 heavy (non-hydrogen) atoms. The van der Waals surface area contributed by atoms with Crippen molar-refractivity contribution in [2.24, 2.45) is 0 Å². The van der Waals surface area contributed by atoms with Crippen LogP contribution in [0.5, 0.6) is 0 Å². The minimum atomic E-state index is -0.370. The molecule has 142 valence electrons. The highest BCUT2D eigenvalue weighted by atomic mass is 32.1. The van der Waals surface area contributed by atoms with Gasteiger partial charge in [-0.05, 0) is 55.0 Å². The Bertz CT molecular complexity index is 1010. The summed E-state index contributed by atoms with van der Waals surface area (Å²) in [6.45, 7) is 0.728. The molecule has 2 aromatic heterocycles. The van der Waals surface area contributed by atoms with E-state index in [9.17, 15) is 14.4 Å². The van der Waals surface area contributed by atoms with Gasteiger partial charge >= 0.3 is 0 Å². The van der Waals surface area contributed by atoms with Crippen LogP contribution in [0.2, 0.25) is 0 Å². The minimum Gasteiger partial charge on any atom is -0.459 e. The van der Waals surface area contributed by atoms with Crippen LogP contribution >= 0.6 is 11.3 Å². The Morgan fingerprint density at radius 2 is 1.82 bits per heavy atom. The van der Waals surface area contributed by atoms with Crippen molar-refractivity contribution in [3.8, 4) is 0 Å². The van der Waals surface area contributed by atoms with Gasteiger partial charge in [0.1, 0.15) is 0 Å². The van der Waals surface area contributed by atoms with E-state index in [1.807, 2.05) is 12.1 Å². The fraction of sp³-hybridized carbons (Fsp3) is 0.150. The number of thiophene rings is 1. The molecular formula is C20H17N3O4S. The first-order valence-corrected chi connectivity index (χ1v) is 9.58. The molecular weight excluding hydrogens is 378 g/mol. The number of rotatable bonds is 5. The standard InChI is InChI=1S/C20H17N3O4S/c24-18-4-1-11-23(18)14-7-5-13(6-8-14)21-20(26)16-9-10-17(28-16)22-19(25)15-3-2-12-27-15/h2-3,5-10,12H,1,4,11H2,(H,21,26)(H,22,25). The molecule has 1 saturated heterocycles. The lowest BCUT2D eigenvalue weighted by molar-refractivity contribution is -0.117. The topological polar surface area (TPSA) is 91.7 Å². The van der Waals surface area contributed by atoms with Crippen LogP contribution in [0.15, 0.2) is 59.2 Å². The second kappa shape index (κ2) is 7.69. The van der Waals surface area contributed by atoms with Gasteiger partial charge in [-0.15, -0.1) is 11.3 Å². The average Bonchev–Trinajstić information content (AvgIpc) is 3.44. The summed E-state index contributed by atoms with van der Waals surface area (Å²) >= 11 is 1.17. The number of nitrogens with one attached hydrogen (secondary N) is 2. The molecule has 1 aromatic carbocycles. The summed E-state index contributed by atoms with van der Waals surface area (Å²) in [6, 6.07) is 13.7. The fourth-order valence-electron chi connectivity index (χ4n) is 2.95. The Hall–Kier alpha value is -3.39. The monoisotopic (exact) mass is 395 g/mol. The van der Waals surface area contributed by atoms with Crippen LogP contribution in [0, 0.1) is 0 Å². The SMILES string of the molecule is O=C(Nc1ccc(C(=O)Nc2ccc(N3CCCC3=O)cc2)s1)c1ccco1. The molecule has 8 heteroatoms. The third kappa shape index (κ3) is 3.81. The maximum Gasteiger partial charge on any atom is 0.291 e. The molecule has 4 rings (SSSR count). The van der Waals surface area contributed by atoms with Crippen LogP contribution in [0.25, 0.3) is 0 Å². The largest absolute Gasteiger partial charge is 0.459 e. The van der Waals surface area contributed by atoms with Gasteiger partial charge in [0.15, 0.2) is 5.76 Å². The van der Waals surface area contributed by atoms with Crippen LogP contribution in [-0.4, -0.2) is 24.3 Å². The van der Waals surface area contributed by atoms with Gasteiger partial charge in [-0.1, -0.05) is 0 Å². The van der Waals surface area contributed by atoms with E-state index in [1.54, 1.807) is 41.3 Å². The predicted octanol–water partition coefficient (Wildman–Crippen LogP) is 3.97. The lowest BCUT2D eigenvalue weighted by atomic mass is 10.2. The van der Waals surface area contributed by atoms with E-state index in [2.05, 4.69) is 10.6 Å². The Morgan fingerprint density at radius 3 is 2.50 bits per heavy atom. The second-order valence-corrected chi connectivity index (χ2v) is 7.33. The maximum atomic E-state index is 12.4. The zero-order valence-corrected chi connectivity index (χ0v) is 15.6. The molecule has 7 nitrogen and oxygen atoms in total. The molecule has 3 amide bonds. The third-order valence-electron chi connectivity index (χ3n) is 4.32. The van der Waals surface area contributed by atoms with Gasteiger partial charge in [0, 0.05) is 24.3 Å². The minimum absolute atomic E-state index is 0.125. The van der Waals surface area contributed by atoms with Gasteiger partial charge in [0.2, 0.25) is 5.91 Å². The quantitative estimate of drug-likeness (QED) is 0.684. The molecule has 0 aliphatic carbocycles. The summed E-state index contributed by atoms with van der Waals surface area (Å²) in [4.78, 5) is 38.4. The second-order valence-electron chi connectivity index (χ2n) is 6.25. The van der Waals surface area contributed by atoms with Gasteiger partial charge in [-0.25, -0.2) is 0 Å². The number of benzene rings is 1. The van der Waals surface area contributed by atoms with E-state index < -0.39 is 0 Å². The summed E-state index contributed by atoms with van der Waals surface area (Å²) in [5, 5.41) is 6.06. The van der Waals surface area contributed by atoms with Crippen molar-refractivity contribution in [3.63, 3.8) is 0 Å². The number of carbonyl (C=O) groups excluding carboxylic acids is 3. The Kier molecular flexibility index (Phi) is 4.94. The predicted molar refractivity (Wildman–Crippen MR) is 107 cm³/mol. The summed E-state index contributed by atoms with van der Waals surface area (Å²) in [5.41, 5.74) is 1.47. The van der Waals surface area contributed by atoms with E-state index in [0.717, 1.165) is 18.7 Å². The molecule has 3 heterocycles. The summed E-state index contributed by atoms with van der Waals surface area (Å²) in [7, 11) is 0. The molecule has 3 aromatic rings. The molecule has 2 N–H and O–H groups in total. The van der Waals surface area contributed by atoms with Crippen molar-refractivity contribution in [1.29, 1.82) is 0 Å². The smallest absolute Gasteiger partial charge is 0.291 e. The third-order valence-corrected chi connectivity index (χ3v) is 5.32. The first-order valence-electron chi connectivity index (χ1n) is 8.76. The lowest BCUT2D eigenvalue weighted by Gasteiger charge is -2.16. The molecule has 1 aliphatic heterocycles. The molecule has 0 radical (unpaired) electrons.